The van der Waals surface area contributed by atoms with Gasteiger partial charge in [-0.25, -0.2) is 0 Å². The molecule has 1 nitrogen and oxygen atoms in total. The minimum atomic E-state index is -0.0307. The maximum atomic E-state index is 6.14. The van der Waals surface area contributed by atoms with E-state index in [2.05, 4.69) is 27.4 Å². The van der Waals surface area contributed by atoms with Crippen molar-refractivity contribution in [2.75, 3.05) is 0 Å². The Labute approximate surface area is 108 Å². The quantitative estimate of drug-likeness (QED) is 0.892. The fraction of sp³-hybridized carbons (Fsp3) is 0.0909. The van der Waals surface area contributed by atoms with Crippen LogP contribution < -0.4 is 5.73 Å². The molecule has 1 atom stereocenters. The van der Waals surface area contributed by atoms with E-state index in [1.165, 1.54) is 5.56 Å². The van der Waals surface area contributed by atoms with Crippen LogP contribution in [0.3, 0.4) is 0 Å². The van der Waals surface area contributed by atoms with Gasteiger partial charge in [0.1, 0.15) is 0 Å². The molecule has 1 heterocycles. The van der Waals surface area contributed by atoms with Crippen molar-refractivity contribution < 1.29 is 0 Å². The third kappa shape index (κ3) is 2.82. The minimum Gasteiger partial charge on any atom is -0.320 e. The smallest absolute Gasteiger partial charge is 0.0571 e. The molecule has 80 valence electrons. The van der Waals surface area contributed by atoms with E-state index in [0.29, 0.717) is 0 Å². The van der Waals surface area contributed by atoms with Crippen molar-refractivity contribution in [3.05, 3.63) is 56.7 Å². The van der Waals surface area contributed by atoms with Crippen LogP contribution in [0.4, 0.5) is 0 Å². The number of halogens is 2. The van der Waals surface area contributed by atoms with E-state index in [1.54, 1.807) is 11.3 Å². The van der Waals surface area contributed by atoms with Crippen molar-refractivity contribution in [3.8, 4) is 0 Å². The molecule has 0 aliphatic rings. The van der Waals surface area contributed by atoms with Crippen molar-refractivity contribution in [2.24, 2.45) is 5.73 Å². The minimum absolute atomic E-state index is 0. The van der Waals surface area contributed by atoms with Crippen LogP contribution >= 0.6 is 39.7 Å². The first kappa shape index (κ1) is 12.7. The van der Waals surface area contributed by atoms with Crippen molar-refractivity contribution >= 4 is 39.7 Å². The van der Waals surface area contributed by atoms with Gasteiger partial charge in [-0.2, -0.15) is 11.3 Å². The molecule has 1 aromatic heterocycles. The molecular weight excluding hydrogens is 294 g/mol. The summed E-state index contributed by atoms with van der Waals surface area (Å²) in [6, 6.07) is 10.1. The molecule has 15 heavy (non-hydrogen) atoms. The van der Waals surface area contributed by atoms with Crippen LogP contribution in [0, 0.1) is 0 Å². The van der Waals surface area contributed by atoms with Gasteiger partial charge in [0, 0.05) is 4.47 Å². The molecule has 0 radical (unpaired) electrons. The number of hydrogen-bond donors (Lipinski definition) is 1. The Morgan fingerprint density at radius 2 is 1.93 bits per heavy atom. The Morgan fingerprint density at radius 1 is 1.20 bits per heavy atom. The molecule has 0 spiro atoms. The first-order chi connectivity index (χ1) is 6.79. The van der Waals surface area contributed by atoms with Gasteiger partial charge in [-0.3, -0.25) is 0 Å². The summed E-state index contributed by atoms with van der Waals surface area (Å²) in [5.74, 6) is 0. The van der Waals surface area contributed by atoms with Crippen molar-refractivity contribution in [1.82, 2.24) is 0 Å². The molecule has 2 N–H and O–H groups in total. The lowest BCUT2D eigenvalue weighted by Crippen LogP contribution is -2.11. The molecule has 4 heteroatoms. The zero-order valence-electron chi connectivity index (χ0n) is 7.89. The van der Waals surface area contributed by atoms with Gasteiger partial charge in [0.2, 0.25) is 0 Å². The first-order valence-electron chi connectivity index (χ1n) is 4.31. The van der Waals surface area contributed by atoms with Crippen LogP contribution in [0.15, 0.2) is 45.6 Å². The van der Waals surface area contributed by atoms with Crippen molar-refractivity contribution in [1.29, 1.82) is 0 Å². The second kappa shape index (κ2) is 5.66. The van der Waals surface area contributed by atoms with Crippen molar-refractivity contribution in [3.63, 3.8) is 0 Å². The average Bonchev–Trinajstić information content (AvgIpc) is 2.70. The highest BCUT2D eigenvalue weighted by atomic mass is 79.9. The Bertz CT molecular complexity index is 416. The normalized spacial score (nSPS) is 11.9. The molecule has 0 amide bonds. The molecule has 0 aliphatic carbocycles. The fourth-order valence-corrected chi connectivity index (χ4v) is 2.59. The van der Waals surface area contributed by atoms with Gasteiger partial charge in [0.25, 0.3) is 0 Å². The van der Waals surface area contributed by atoms with Crippen LogP contribution in [0.2, 0.25) is 0 Å². The lowest BCUT2D eigenvalue weighted by molar-refractivity contribution is 0.871. The summed E-state index contributed by atoms with van der Waals surface area (Å²) in [5.41, 5.74) is 8.44. The molecule has 0 bridgehead atoms. The number of hydrogen-bond acceptors (Lipinski definition) is 2. The number of benzene rings is 1. The van der Waals surface area contributed by atoms with Gasteiger partial charge >= 0.3 is 0 Å². The number of nitrogens with two attached hydrogens (primary N) is 1. The molecule has 0 aliphatic heterocycles. The van der Waals surface area contributed by atoms with Crippen LogP contribution in [0.1, 0.15) is 17.2 Å². The Morgan fingerprint density at radius 3 is 2.53 bits per heavy atom. The summed E-state index contributed by atoms with van der Waals surface area (Å²) in [5, 5.41) is 4.14. The molecule has 2 aromatic rings. The first-order valence-corrected chi connectivity index (χ1v) is 6.04. The van der Waals surface area contributed by atoms with Gasteiger partial charge in [0.15, 0.2) is 0 Å². The molecule has 0 saturated heterocycles. The Balaban J connectivity index is 0.00000112. The molecule has 0 unspecified atom stereocenters. The summed E-state index contributed by atoms with van der Waals surface area (Å²) >= 11 is 5.18. The molecular formula is C11H11BrClNS. The highest BCUT2D eigenvalue weighted by molar-refractivity contribution is 9.10. The summed E-state index contributed by atoms with van der Waals surface area (Å²) in [4.78, 5) is 0. The van der Waals surface area contributed by atoms with E-state index in [0.717, 1.165) is 10.0 Å². The standard InChI is InChI=1S/C11H10BrNS.ClH/c12-10-4-2-1-3-9(10)11(13)8-5-6-14-7-8;/h1-7,11H,13H2;1H/t11-;/m0./s1. The van der Waals surface area contributed by atoms with E-state index in [9.17, 15) is 0 Å². The van der Waals surface area contributed by atoms with Crippen LogP contribution in [0.5, 0.6) is 0 Å². The maximum Gasteiger partial charge on any atom is 0.0571 e. The highest BCUT2D eigenvalue weighted by Crippen LogP contribution is 2.27. The largest absolute Gasteiger partial charge is 0.320 e. The fourth-order valence-electron chi connectivity index (χ4n) is 1.36. The third-order valence-corrected chi connectivity index (χ3v) is 3.57. The summed E-state index contributed by atoms with van der Waals surface area (Å²) in [6.07, 6.45) is 0. The highest BCUT2D eigenvalue weighted by Gasteiger charge is 2.11. The monoisotopic (exact) mass is 303 g/mol. The zero-order chi connectivity index (χ0) is 9.97. The van der Waals surface area contributed by atoms with Gasteiger partial charge < -0.3 is 5.73 Å². The van der Waals surface area contributed by atoms with Gasteiger partial charge in [-0.15, -0.1) is 12.4 Å². The predicted molar refractivity (Wildman–Crippen MR) is 71.7 cm³/mol. The summed E-state index contributed by atoms with van der Waals surface area (Å²) in [6.45, 7) is 0. The van der Waals surface area contributed by atoms with Gasteiger partial charge in [-0.1, -0.05) is 34.1 Å². The van der Waals surface area contributed by atoms with Crippen LogP contribution in [0.25, 0.3) is 0 Å². The summed E-state index contributed by atoms with van der Waals surface area (Å²) < 4.78 is 1.07. The van der Waals surface area contributed by atoms with E-state index < -0.39 is 0 Å². The van der Waals surface area contributed by atoms with Crippen LogP contribution in [-0.2, 0) is 0 Å². The Hall–Kier alpha value is -0.350. The average molecular weight is 305 g/mol. The van der Waals surface area contributed by atoms with Gasteiger partial charge in [-0.05, 0) is 34.0 Å². The predicted octanol–water partition coefficient (Wildman–Crippen LogP) is 3.98. The van der Waals surface area contributed by atoms with Crippen molar-refractivity contribution in [2.45, 2.75) is 6.04 Å². The van der Waals surface area contributed by atoms with Crippen LogP contribution in [-0.4, -0.2) is 0 Å². The maximum absolute atomic E-state index is 6.14. The molecule has 2 rings (SSSR count). The number of rotatable bonds is 2. The van der Waals surface area contributed by atoms with E-state index in [4.69, 9.17) is 5.73 Å². The second-order valence-corrected chi connectivity index (χ2v) is 4.69. The lowest BCUT2D eigenvalue weighted by Gasteiger charge is -2.11. The van der Waals surface area contributed by atoms with E-state index in [1.807, 2.05) is 29.6 Å². The van der Waals surface area contributed by atoms with E-state index >= 15 is 0 Å². The summed E-state index contributed by atoms with van der Waals surface area (Å²) in [7, 11) is 0. The topological polar surface area (TPSA) is 26.0 Å². The SMILES string of the molecule is Cl.N[C@@H](c1ccsc1)c1ccccc1Br. The van der Waals surface area contributed by atoms with Gasteiger partial charge in [0.05, 0.1) is 6.04 Å². The molecule has 0 fully saturated rings. The molecule has 1 aromatic carbocycles. The zero-order valence-corrected chi connectivity index (χ0v) is 11.1. The Kier molecular flexibility index (Phi) is 4.80. The number of thiophene rings is 1. The third-order valence-electron chi connectivity index (χ3n) is 2.14. The second-order valence-electron chi connectivity index (χ2n) is 3.06. The van der Waals surface area contributed by atoms with E-state index in [-0.39, 0.29) is 18.4 Å². The molecule has 0 saturated carbocycles. The lowest BCUT2D eigenvalue weighted by atomic mass is 10.0.